The molecule has 1 atom stereocenters. The summed E-state index contributed by atoms with van der Waals surface area (Å²) in [5.74, 6) is -1.10. The SMILES string of the molecule is CN(C)c1ccc(C2=C(c3nn[nH]n3)C(=O)NC(c3ccc(OCCCC(F)(F)F)cc3)(C(F)(F)F)C2)cc1. The molecule has 0 fully saturated rings. The van der Waals surface area contributed by atoms with Crippen LogP contribution in [-0.2, 0) is 10.3 Å². The molecule has 0 radical (unpaired) electrons. The van der Waals surface area contributed by atoms with Gasteiger partial charge in [-0.25, -0.2) is 0 Å². The fourth-order valence-corrected chi connectivity index (χ4v) is 4.31. The topological polar surface area (TPSA) is 96.0 Å². The lowest BCUT2D eigenvalue weighted by Crippen LogP contribution is -2.58. The lowest BCUT2D eigenvalue weighted by atomic mass is 9.76. The smallest absolute Gasteiger partial charge is 0.416 e. The number of amides is 1. The van der Waals surface area contributed by atoms with Crippen molar-refractivity contribution in [1.82, 2.24) is 25.9 Å². The number of halogens is 6. The molecule has 39 heavy (non-hydrogen) atoms. The van der Waals surface area contributed by atoms with E-state index in [2.05, 4.69) is 25.9 Å². The number of aromatic nitrogens is 4. The molecule has 0 aliphatic carbocycles. The van der Waals surface area contributed by atoms with Gasteiger partial charge < -0.3 is 15.0 Å². The molecular formula is C25H24F6N6O2. The molecule has 1 unspecified atom stereocenters. The number of carbonyl (C=O) groups excluding carboxylic acids is 1. The van der Waals surface area contributed by atoms with Gasteiger partial charge in [0.05, 0.1) is 12.2 Å². The van der Waals surface area contributed by atoms with E-state index in [1.807, 2.05) is 19.0 Å². The average Bonchev–Trinajstić information content (AvgIpc) is 3.40. The van der Waals surface area contributed by atoms with Gasteiger partial charge in [0.25, 0.3) is 5.91 Å². The molecule has 0 bridgehead atoms. The van der Waals surface area contributed by atoms with Gasteiger partial charge in [-0.3, -0.25) is 4.79 Å². The number of carbonyl (C=O) groups is 1. The van der Waals surface area contributed by atoms with Gasteiger partial charge in [-0.15, -0.1) is 10.2 Å². The first-order valence-electron chi connectivity index (χ1n) is 11.7. The number of H-pyrrole nitrogens is 1. The number of nitrogens with one attached hydrogen (secondary N) is 2. The normalized spacial score (nSPS) is 18.2. The van der Waals surface area contributed by atoms with Crippen molar-refractivity contribution in [3.63, 3.8) is 0 Å². The van der Waals surface area contributed by atoms with Gasteiger partial charge in [0.1, 0.15) is 5.75 Å². The first-order chi connectivity index (χ1) is 18.3. The number of ether oxygens (including phenoxy) is 1. The van der Waals surface area contributed by atoms with Gasteiger partial charge in [-0.05, 0) is 52.6 Å². The van der Waals surface area contributed by atoms with E-state index in [-0.39, 0.29) is 41.3 Å². The minimum Gasteiger partial charge on any atom is -0.494 e. The van der Waals surface area contributed by atoms with Crippen molar-refractivity contribution in [3.05, 3.63) is 65.5 Å². The number of alkyl halides is 6. The summed E-state index contributed by atoms with van der Waals surface area (Å²) in [5.41, 5.74) is -2.01. The van der Waals surface area contributed by atoms with Gasteiger partial charge in [0.2, 0.25) is 5.82 Å². The molecule has 2 N–H and O–H groups in total. The molecule has 8 nitrogen and oxygen atoms in total. The van der Waals surface area contributed by atoms with Gasteiger partial charge in [-0.1, -0.05) is 24.3 Å². The second-order valence-corrected chi connectivity index (χ2v) is 9.16. The Morgan fingerprint density at radius 3 is 2.21 bits per heavy atom. The number of rotatable bonds is 8. The Morgan fingerprint density at radius 2 is 1.67 bits per heavy atom. The van der Waals surface area contributed by atoms with Crippen molar-refractivity contribution in [2.24, 2.45) is 0 Å². The Hall–Kier alpha value is -4.10. The van der Waals surface area contributed by atoms with Crippen molar-refractivity contribution in [3.8, 4) is 5.75 Å². The largest absolute Gasteiger partial charge is 0.494 e. The monoisotopic (exact) mass is 554 g/mol. The molecule has 1 aliphatic heterocycles. The number of benzene rings is 2. The zero-order valence-corrected chi connectivity index (χ0v) is 20.8. The molecule has 0 saturated carbocycles. The summed E-state index contributed by atoms with van der Waals surface area (Å²) >= 11 is 0. The van der Waals surface area contributed by atoms with E-state index in [4.69, 9.17) is 4.74 Å². The molecule has 14 heteroatoms. The molecule has 2 heterocycles. The van der Waals surface area contributed by atoms with Gasteiger partial charge >= 0.3 is 12.4 Å². The second-order valence-electron chi connectivity index (χ2n) is 9.16. The molecule has 0 saturated heterocycles. The molecule has 1 amide bonds. The number of nitrogens with zero attached hydrogens (tertiary/aromatic N) is 4. The second kappa shape index (κ2) is 10.6. The predicted octanol–water partition coefficient (Wildman–Crippen LogP) is 4.88. The fraction of sp³-hybridized carbons (Fsp3) is 0.360. The summed E-state index contributed by atoms with van der Waals surface area (Å²) in [4.78, 5) is 15.1. The highest BCUT2D eigenvalue weighted by molar-refractivity contribution is 6.27. The highest BCUT2D eigenvalue weighted by Gasteiger charge is 2.59. The summed E-state index contributed by atoms with van der Waals surface area (Å²) in [5, 5.41) is 15.4. The first kappa shape index (κ1) is 27.9. The standard InChI is InChI=1S/C25H24F6N6O2/c1-37(2)17-8-4-15(5-9-17)19-14-23(25(29,30)31,32-22(38)20(19)21-33-35-36-34-21)16-6-10-18(11-7-16)39-13-3-12-24(26,27)28/h4-11H,3,12-14H2,1-2H3,(H,32,38)(H,33,34,35,36). The van der Waals surface area contributed by atoms with E-state index in [1.54, 1.807) is 24.3 Å². The summed E-state index contributed by atoms with van der Waals surface area (Å²) < 4.78 is 86.7. The number of hydrogen-bond donors (Lipinski definition) is 2. The van der Waals surface area contributed by atoms with Crippen LogP contribution in [0.4, 0.5) is 32.0 Å². The highest BCUT2D eigenvalue weighted by atomic mass is 19.4. The maximum atomic E-state index is 14.8. The minimum absolute atomic E-state index is 0.0651. The molecule has 0 spiro atoms. The van der Waals surface area contributed by atoms with Crippen LogP contribution >= 0.6 is 0 Å². The quantitative estimate of drug-likeness (QED) is 0.305. The van der Waals surface area contributed by atoms with E-state index in [9.17, 15) is 31.1 Å². The van der Waals surface area contributed by atoms with Crippen LogP contribution < -0.4 is 15.0 Å². The summed E-state index contributed by atoms with van der Waals surface area (Å²) in [6, 6.07) is 11.4. The number of tetrazole rings is 1. The number of aromatic amines is 1. The van der Waals surface area contributed by atoms with Crippen molar-refractivity contribution in [1.29, 1.82) is 0 Å². The van der Waals surface area contributed by atoms with E-state index in [0.717, 1.165) is 17.8 Å². The van der Waals surface area contributed by atoms with Crippen LogP contribution in [0.2, 0.25) is 0 Å². The summed E-state index contributed by atoms with van der Waals surface area (Å²) in [7, 11) is 3.62. The summed E-state index contributed by atoms with van der Waals surface area (Å²) in [6.07, 6.45) is -11.3. The van der Waals surface area contributed by atoms with Crippen LogP contribution in [0.15, 0.2) is 48.5 Å². The van der Waals surface area contributed by atoms with E-state index in [1.165, 1.54) is 12.1 Å². The van der Waals surface area contributed by atoms with E-state index >= 15 is 0 Å². The van der Waals surface area contributed by atoms with E-state index in [0.29, 0.717) is 5.56 Å². The maximum Gasteiger partial charge on any atom is 0.416 e. The Morgan fingerprint density at radius 1 is 1.00 bits per heavy atom. The third-order valence-electron chi connectivity index (χ3n) is 6.30. The van der Waals surface area contributed by atoms with Gasteiger partial charge in [0, 0.05) is 32.6 Å². The molecule has 1 aromatic heterocycles. The third-order valence-corrected chi connectivity index (χ3v) is 6.30. The van der Waals surface area contributed by atoms with Crippen LogP contribution in [-0.4, -0.2) is 59.6 Å². The lowest BCUT2D eigenvalue weighted by molar-refractivity contribution is -0.201. The van der Waals surface area contributed by atoms with Crippen LogP contribution in [0.5, 0.6) is 5.75 Å². The Balaban J connectivity index is 1.72. The zero-order valence-electron chi connectivity index (χ0n) is 20.8. The van der Waals surface area contributed by atoms with E-state index < -0.39 is 36.6 Å². The van der Waals surface area contributed by atoms with Gasteiger partial charge in [0.15, 0.2) is 5.54 Å². The third kappa shape index (κ3) is 5.99. The Kier molecular flexibility index (Phi) is 7.57. The van der Waals surface area contributed by atoms with Crippen LogP contribution in [0, 0.1) is 0 Å². The minimum atomic E-state index is -4.94. The van der Waals surface area contributed by atoms with Gasteiger partial charge in [-0.2, -0.15) is 31.6 Å². The molecule has 1 aliphatic rings. The zero-order chi connectivity index (χ0) is 28.4. The van der Waals surface area contributed by atoms with Crippen LogP contribution in [0.3, 0.4) is 0 Å². The lowest BCUT2D eigenvalue weighted by Gasteiger charge is -2.41. The van der Waals surface area contributed by atoms with Crippen molar-refractivity contribution in [2.75, 3.05) is 25.6 Å². The highest BCUT2D eigenvalue weighted by Crippen LogP contribution is 2.49. The average molecular weight is 554 g/mol. The molecule has 3 aromatic rings. The van der Waals surface area contributed by atoms with Crippen LogP contribution in [0.25, 0.3) is 11.1 Å². The first-order valence-corrected chi connectivity index (χ1v) is 11.7. The maximum absolute atomic E-state index is 14.8. The molecule has 208 valence electrons. The fourth-order valence-electron chi connectivity index (χ4n) is 4.31. The van der Waals surface area contributed by atoms with Crippen molar-refractivity contribution in [2.45, 2.75) is 37.2 Å². The van der Waals surface area contributed by atoms with Crippen LogP contribution in [0.1, 0.15) is 36.2 Å². The Labute approximate surface area is 219 Å². The molecular weight excluding hydrogens is 530 g/mol. The number of anilines is 1. The van der Waals surface area contributed by atoms with Crippen molar-refractivity contribution < 1.29 is 35.9 Å². The molecule has 2 aromatic carbocycles. The molecule has 4 rings (SSSR count). The van der Waals surface area contributed by atoms with Crippen molar-refractivity contribution >= 4 is 22.7 Å². The summed E-state index contributed by atoms with van der Waals surface area (Å²) in [6.45, 7) is -0.260. The predicted molar refractivity (Wildman–Crippen MR) is 129 cm³/mol. The Bertz CT molecular complexity index is 1320. The number of hydrogen-bond acceptors (Lipinski definition) is 6.